The normalized spacial score (nSPS) is 13.4. The van der Waals surface area contributed by atoms with Crippen molar-refractivity contribution in [3.63, 3.8) is 0 Å². The number of amides is 1. The molecule has 0 spiro atoms. The van der Waals surface area contributed by atoms with Gasteiger partial charge in [-0.15, -0.1) is 0 Å². The Morgan fingerprint density at radius 3 is 0.948 bits per heavy atom. The summed E-state index contributed by atoms with van der Waals surface area (Å²) >= 11 is 0. The highest BCUT2D eigenvalue weighted by Crippen LogP contribution is 2.17. The van der Waals surface area contributed by atoms with Crippen LogP contribution in [0.25, 0.3) is 0 Å². The van der Waals surface area contributed by atoms with Crippen LogP contribution in [0.3, 0.4) is 0 Å². The first-order valence-corrected chi connectivity index (χ1v) is 26.5. The van der Waals surface area contributed by atoms with Crippen LogP contribution >= 0.6 is 0 Å². The summed E-state index contributed by atoms with van der Waals surface area (Å²) in [7, 11) is 0. The number of carbonyl (C=O) groups is 1. The average molecular weight is 820 g/mol. The van der Waals surface area contributed by atoms with Gasteiger partial charge in [0.2, 0.25) is 5.91 Å². The minimum Gasteiger partial charge on any atom is -0.394 e. The second-order valence-corrected chi connectivity index (χ2v) is 18.4. The Bertz CT molecular complexity index is 818. The minimum atomic E-state index is -1.07. The Kier molecular flexibility index (Phi) is 48.0. The molecular weight excluding hydrogens is 715 g/mol. The molecule has 4 N–H and O–H groups in total. The first kappa shape index (κ1) is 57.1. The van der Waals surface area contributed by atoms with E-state index in [2.05, 4.69) is 31.3 Å². The lowest BCUT2D eigenvalue weighted by Gasteiger charge is -2.23. The smallest absolute Gasteiger partial charge is 0.249 e. The number of nitrogens with one attached hydrogen (secondary N) is 1. The first-order chi connectivity index (χ1) is 28.6. The highest BCUT2D eigenvalue weighted by Gasteiger charge is 2.23. The zero-order chi connectivity index (χ0) is 42.3. The molecule has 0 saturated carbocycles. The maximum Gasteiger partial charge on any atom is 0.249 e. The van der Waals surface area contributed by atoms with Crippen molar-refractivity contribution in [3.05, 3.63) is 12.2 Å². The molecule has 0 radical (unpaired) electrons. The van der Waals surface area contributed by atoms with Gasteiger partial charge in [-0.05, 0) is 38.5 Å². The van der Waals surface area contributed by atoms with E-state index in [0.717, 1.165) is 32.1 Å². The molecule has 5 heteroatoms. The van der Waals surface area contributed by atoms with Crippen molar-refractivity contribution >= 4 is 5.91 Å². The molecule has 3 atom stereocenters. The summed E-state index contributed by atoms with van der Waals surface area (Å²) < 4.78 is 0. The average Bonchev–Trinajstić information content (AvgIpc) is 3.23. The van der Waals surface area contributed by atoms with Crippen molar-refractivity contribution in [1.82, 2.24) is 5.32 Å². The molecule has 1 amide bonds. The third-order valence-electron chi connectivity index (χ3n) is 12.6. The van der Waals surface area contributed by atoms with E-state index in [1.54, 1.807) is 0 Å². The third-order valence-corrected chi connectivity index (χ3v) is 12.6. The van der Waals surface area contributed by atoms with E-state index in [9.17, 15) is 20.1 Å². The summed E-state index contributed by atoms with van der Waals surface area (Å²) in [5.41, 5.74) is 0. The number of hydrogen-bond acceptors (Lipinski definition) is 4. The molecule has 0 aliphatic heterocycles. The molecule has 0 saturated heterocycles. The highest BCUT2D eigenvalue weighted by molar-refractivity contribution is 5.80. The van der Waals surface area contributed by atoms with Crippen molar-refractivity contribution in [3.8, 4) is 0 Å². The summed E-state index contributed by atoms with van der Waals surface area (Å²) in [6.45, 7) is 4.26. The SMILES string of the molecule is CCCCCCCCCCCCCC/C=C\CCCCCCCCCCCCC(O)C(=O)NC(CO)C(O)CCCCCCCCCCCCCCCCCCCC. The lowest BCUT2D eigenvalue weighted by atomic mass is 10.0. The summed E-state index contributed by atoms with van der Waals surface area (Å²) in [4.78, 5) is 12.5. The Hall–Kier alpha value is -0.910. The Labute approximate surface area is 363 Å². The van der Waals surface area contributed by atoms with E-state index < -0.39 is 24.2 Å². The number of hydrogen-bond donors (Lipinski definition) is 4. The fourth-order valence-corrected chi connectivity index (χ4v) is 8.48. The maximum absolute atomic E-state index is 12.5. The number of rotatable bonds is 49. The predicted octanol–water partition coefficient (Wildman–Crippen LogP) is 15.9. The van der Waals surface area contributed by atoms with E-state index in [-0.39, 0.29) is 6.61 Å². The molecule has 0 aromatic heterocycles. The predicted molar refractivity (Wildman–Crippen MR) is 255 cm³/mol. The molecule has 58 heavy (non-hydrogen) atoms. The van der Waals surface area contributed by atoms with Crippen LogP contribution in [0.15, 0.2) is 12.2 Å². The van der Waals surface area contributed by atoms with Crippen LogP contribution < -0.4 is 5.32 Å². The number of aliphatic hydroxyl groups excluding tert-OH is 3. The van der Waals surface area contributed by atoms with E-state index in [4.69, 9.17) is 0 Å². The van der Waals surface area contributed by atoms with Crippen molar-refractivity contribution in [2.45, 2.75) is 315 Å². The van der Waals surface area contributed by atoms with Gasteiger partial charge in [0.15, 0.2) is 0 Å². The zero-order valence-corrected chi connectivity index (χ0v) is 39.5. The number of unbranched alkanes of at least 4 members (excludes halogenated alkanes) is 39. The standard InChI is InChI=1S/C53H105NO4/c1-3-5-7-9-11-13-15-17-19-21-23-24-25-26-27-28-29-30-32-34-36-38-40-42-44-46-48-52(57)53(58)54-50(49-55)51(56)47-45-43-41-39-37-35-33-31-22-20-18-16-14-12-10-8-6-4-2/h26-27,50-52,55-57H,3-25,28-49H2,1-2H3,(H,54,58)/b27-26-. The van der Waals surface area contributed by atoms with Gasteiger partial charge >= 0.3 is 0 Å². The highest BCUT2D eigenvalue weighted by atomic mass is 16.3. The van der Waals surface area contributed by atoms with Crippen molar-refractivity contribution < 1.29 is 20.1 Å². The molecule has 0 heterocycles. The summed E-state index contributed by atoms with van der Waals surface area (Å²) in [6.07, 6.45) is 59.5. The van der Waals surface area contributed by atoms with E-state index in [1.807, 2.05) is 0 Å². The zero-order valence-electron chi connectivity index (χ0n) is 39.5. The van der Waals surface area contributed by atoms with Crippen LogP contribution in [0.2, 0.25) is 0 Å². The minimum absolute atomic E-state index is 0.310. The second-order valence-electron chi connectivity index (χ2n) is 18.4. The number of aliphatic hydroxyl groups is 3. The van der Waals surface area contributed by atoms with E-state index in [0.29, 0.717) is 12.8 Å². The van der Waals surface area contributed by atoms with Crippen LogP contribution in [0, 0.1) is 0 Å². The molecule has 3 unspecified atom stereocenters. The Morgan fingerprint density at radius 1 is 0.397 bits per heavy atom. The maximum atomic E-state index is 12.5. The number of allylic oxidation sites excluding steroid dienone is 2. The van der Waals surface area contributed by atoms with Crippen LogP contribution in [-0.4, -0.2) is 46.1 Å². The largest absolute Gasteiger partial charge is 0.394 e. The molecule has 0 aliphatic rings. The molecule has 0 rings (SSSR count). The fraction of sp³-hybridized carbons (Fsp3) is 0.943. The molecule has 0 aromatic rings. The van der Waals surface area contributed by atoms with Gasteiger partial charge in [0.25, 0.3) is 0 Å². The van der Waals surface area contributed by atoms with Crippen LogP contribution in [0.4, 0.5) is 0 Å². The monoisotopic (exact) mass is 820 g/mol. The molecule has 0 bridgehead atoms. The topological polar surface area (TPSA) is 89.8 Å². The fourth-order valence-electron chi connectivity index (χ4n) is 8.48. The quantitative estimate of drug-likeness (QED) is 0.0364. The molecule has 346 valence electrons. The van der Waals surface area contributed by atoms with Gasteiger partial charge in [0, 0.05) is 0 Å². The lowest BCUT2D eigenvalue weighted by molar-refractivity contribution is -0.131. The van der Waals surface area contributed by atoms with Gasteiger partial charge in [0.05, 0.1) is 18.8 Å². The number of carbonyl (C=O) groups excluding carboxylic acids is 1. The molecular formula is C53H105NO4. The van der Waals surface area contributed by atoms with Crippen LogP contribution in [0.5, 0.6) is 0 Å². The van der Waals surface area contributed by atoms with E-state index >= 15 is 0 Å². The summed E-state index contributed by atoms with van der Waals surface area (Å²) in [5.74, 6) is -0.467. The van der Waals surface area contributed by atoms with Gasteiger partial charge < -0.3 is 20.6 Å². The van der Waals surface area contributed by atoms with Crippen molar-refractivity contribution in [2.24, 2.45) is 0 Å². The van der Waals surface area contributed by atoms with E-state index in [1.165, 1.54) is 238 Å². The summed E-state index contributed by atoms with van der Waals surface area (Å²) in [5, 5.41) is 33.5. The lowest BCUT2D eigenvalue weighted by Crippen LogP contribution is -2.49. The summed E-state index contributed by atoms with van der Waals surface area (Å²) in [6, 6.07) is -0.710. The van der Waals surface area contributed by atoms with Crippen molar-refractivity contribution in [2.75, 3.05) is 6.61 Å². The van der Waals surface area contributed by atoms with Gasteiger partial charge in [-0.2, -0.15) is 0 Å². The van der Waals surface area contributed by atoms with Gasteiger partial charge in [-0.25, -0.2) is 0 Å². The first-order valence-electron chi connectivity index (χ1n) is 26.5. The van der Waals surface area contributed by atoms with Gasteiger partial charge in [-0.1, -0.05) is 270 Å². The Balaban J connectivity index is 3.53. The van der Waals surface area contributed by atoms with Crippen LogP contribution in [0.1, 0.15) is 296 Å². The Morgan fingerprint density at radius 2 is 0.655 bits per heavy atom. The molecule has 0 aromatic carbocycles. The molecule has 0 fully saturated rings. The van der Waals surface area contributed by atoms with Crippen molar-refractivity contribution in [1.29, 1.82) is 0 Å². The van der Waals surface area contributed by atoms with Gasteiger partial charge in [0.1, 0.15) is 6.10 Å². The second kappa shape index (κ2) is 48.8. The third kappa shape index (κ3) is 43.2. The van der Waals surface area contributed by atoms with Crippen LogP contribution in [-0.2, 0) is 4.79 Å². The molecule has 5 nitrogen and oxygen atoms in total. The van der Waals surface area contributed by atoms with Gasteiger partial charge in [-0.3, -0.25) is 4.79 Å². The molecule has 0 aliphatic carbocycles.